The number of nitrogen functional groups attached to an aromatic ring is 1. The summed E-state index contributed by atoms with van der Waals surface area (Å²) in [6.45, 7) is 1.21. The summed E-state index contributed by atoms with van der Waals surface area (Å²) in [4.78, 5) is 1.52. The Hall–Kier alpha value is -1.63. The highest BCUT2D eigenvalue weighted by Crippen LogP contribution is 2.32. The Kier molecular flexibility index (Phi) is 5.98. The molecule has 1 saturated heterocycles. The lowest BCUT2D eigenvalue weighted by Crippen LogP contribution is -2.49. The highest BCUT2D eigenvalue weighted by molar-refractivity contribution is 5.51. The van der Waals surface area contributed by atoms with E-state index in [9.17, 15) is 13.2 Å². The van der Waals surface area contributed by atoms with Gasteiger partial charge in [-0.05, 0) is 37.9 Å². The van der Waals surface area contributed by atoms with Crippen molar-refractivity contribution in [2.24, 2.45) is 0 Å². The Bertz CT molecular complexity index is 509. The molecule has 0 spiro atoms. The van der Waals surface area contributed by atoms with Gasteiger partial charge in [-0.15, -0.1) is 0 Å². The number of piperidine rings is 1. The number of methoxy groups -OCH3 is 1. The number of nitrogens with zero attached hydrogens (tertiary/aromatic N) is 1. The monoisotopic (exact) mass is 332 g/mol. The molecule has 1 heterocycles. The van der Waals surface area contributed by atoms with Crippen molar-refractivity contribution in [3.05, 3.63) is 18.2 Å². The summed E-state index contributed by atoms with van der Waals surface area (Å²) < 4.78 is 49.8. The van der Waals surface area contributed by atoms with Gasteiger partial charge >= 0.3 is 6.18 Å². The maximum Gasteiger partial charge on any atom is 0.404 e. The van der Waals surface area contributed by atoms with Gasteiger partial charge in [0.2, 0.25) is 0 Å². The minimum atomic E-state index is -4.15. The van der Waals surface area contributed by atoms with Crippen molar-refractivity contribution in [1.82, 2.24) is 4.90 Å². The van der Waals surface area contributed by atoms with Crippen LogP contribution in [0.15, 0.2) is 18.2 Å². The number of halogens is 3. The molecule has 0 aromatic heterocycles. The molecule has 4 nitrogen and oxygen atoms in total. The molecule has 0 bridgehead atoms. The van der Waals surface area contributed by atoms with E-state index in [2.05, 4.69) is 0 Å². The van der Waals surface area contributed by atoms with Crippen LogP contribution < -0.4 is 15.2 Å². The molecule has 1 aliphatic rings. The molecule has 0 radical (unpaired) electrons. The molecule has 23 heavy (non-hydrogen) atoms. The maximum atomic E-state index is 13.0. The van der Waals surface area contributed by atoms with Gasteiger partial charge in [-0.3, -0.25) is 4.90 Å². The zero-order chi connectivity index (χ0) is 16.9. The lowest BCUT2D eigenvalue weighted by atomic mass is 10.0. The van der Waals surface area contributed by atoms with Crippen molar-refractivity contribution >= 4 is 5.69 Å². The van der Waals surface area contributed by atoms with Gasteiger partial charge in [0.1, 0.15) is 6.04 Å². The van der Waals surface area contributed by atoms with Crippen LogP contribution in [-0.4, -0.2) is 43.9 Å². The van der Waals surface area contributed by atoms with E-state index in [-0.39, 0.29) is 6.42 Å². The van der Waals surface area contributed by atoms with Gasteiger partial charge in [0, 0.05) is 18.3 Å². The van der Waals surface area contributed by atoms with Crippen LogP contribution in [0.5, 0.6) is 11.5 Å². The van der Waals surface area contributed by atoms with Gasteiger partial charge in [-0.2, -0.15) is 13.2 Å². The molecule has 0 aliphatic carbocycles. The van der Waals surface area contributed by atoms with Crippen molar-refractivity contribution in [2.75, 3.05) is 32.5 Å². The highest BCUT2D eigenvalue weighted by atomic mass is 19.4. The quantitative estimate of drug-likeness (QED) is 0.640. The van der Waals surface area contributed by atoms with Crippen LogP contribution in [0.4, 0.5) is 18.9 Å². The van der Waals surface area contributed by atoms with Gasteiger partial charge in [-0.1, -0.05) is 6.42 Å². The van der Waals surface area contributed by atoms with Crippen LogP contribution in [0.25, 0.3) is 0 Å². The lowest BCUT2D eigenvalue weighted by Gasteiger charge is -2.36. The number of hydrogen-bond donors (Lipinski definition) is 1. The fourth-order valence-corrected chi connectivity index (χ4v) is 2.88. The Labute approximate surface area is 134 Å². The molecule has 2 N–H and O–H groups in total. The van der Waals surface area contributed by atoms with E-state index in [0.717, 1.165) is 6.42 Å². The molecule has 1 atom stereocenters. The standard InChI is InChI=1S/C16H23F3N2O2/c1-22-14-11-12(20)6-7-13(14)23-10-4-9-21-8-3-2-5-15(21)16(17,18)19/h6-7,11,15H,2-5,8-10,20H2,1H3. The molecule has 0 saturated carbocycles. The van der Waals surface area contributed by atoms with Gasteiger partial charge in [0.05, 0.1) is 13.7 Å². The third-order valence-electron chi connectivity index (χ3n) is 4.03. The largest absolute Gasteiger partial charge is 0.493 e. The van der Waals surface area contributed by atoms with Crippen molar-refractivity contribution in [3.8, 4) is 11.5 Å². The molecule has 1 fully saturated rings. The van der Waals surface area contributed by atoms with Gasteiger partial charge in [0.15, 0.2) is 11.5 Å². The first-order valence-corrected chi connectivity index (χ1v) is 7.79. The van der Waals surface area contributed by atoms with Gasteiger partial charge in [-0.25, -0.2) is 0 Å². The van der Waals surface area contributed by atoms with E-state index in [1.807, 2.05) is 0 Å². The summed E-state index contributed by atoms with van der Waals surface area (Å²) in [5, 5.41) is 0. The summed E-state index contributed by atoms with van der Waals surface area (Å²) in [6.07, 6.45) is -1.98. The zero-order valence-corrected chi connectivity index (χ0v) is 13.2. The summed E-state index contributed by atoms with van der Waals surface area (Å²) in [5.74, 6) is 1.07. The lowest BCUT2D eigenvalue weighted by molar-refractivity contribution is -0.191. The van der Waals surface area contributed by atoms with E-state index in [1.54, 1.807) is 18.2 Å². The number of benzene rings is 1. The number of nitrogens with two attached hydrogens (primary N) is 1. The second-order valence-corrected chi connectivity index (χ2v) is 5.70. The Morgan fingerprint density at radius 2 is 2.04 bits per heavy atom. The predicted molar refractivity (Wildman–Crippen MR) is 82.8 cm³/mol. The Morgan fingerprint density at radius 3 is 2.74 bits per heavy atom. The van der Waals surface area contributed by atoms with Crippen LogP contribution in [-0.2, 0) is 0 Å². The van der Waals surface area contributed by atoms with E-state index in [4.69, 9.17) is 15.2 Å². The normalized spacial score (nSPS) is 19.6. The van der Waals surface area contributed by atoms with Crippen molar-refractivity contribution in [2.45, 2.75) is 37.9 Å². The van der Waals surface area contributed by atoms with Gasteiger partial charge in [0.25, 0.3) is 0 Å². The summed E-state index contributed by atoms with van der Waals surface area (Å²) >= 11 is 0. The van der Waals surface area contributed by atoms with Crippen LogP contribution >= 0.6 is 0 Å². The summed E-state index contributed by atoms with van der Waals surface area (Å²) in [6, 6.07) is 3.73. The molecule has 1 aromatic carbocycles. The smallest absolute Gasteiger partial charge is 0.404 e. The van der Waals surface area contributed by atoms with E-state index >= 15 is 0 Å². The maximum absolute atomic E-state index is 13.0. The van der Waals surface area contributed by atoms with E-state index in [1.165, 1.54) is 12.0 Å². The van der Waals surface area contributed by atoms with Crippen molar-refractivity contribution in [1.29, 1.82) is 0 Å². The molecular formula is C16H23F3N2O2. The third-order valence-corrected chi connectivity index (χ3v) is 4.03. The molecule has 1 aliphatic heterocycles. The average Bonchev–Trinajstić information content (AvgIpc) is 2.52. The number of alkyl halides is 3. The first-order valence-electron chi connectivity index (χ1n) is 7.79. The molecule has 1 unspecified atom stereocenters. The minimum absolute atomic E-state index is 0.191. The van der Waals surface area contributed by atoms with Crippen molar-refractivity contribution in [3.63, 3.8) is 0 Å². The number of ether oxygens (including phenoxy) is 2. The van der Waals surface area contributed by atoms with Gasteiger partial charge < -0.3 is 15.2 Å². The van der Waals surface area contributed by atoms with E-state index < -0.39 is 12.2 Å². The van der Waals surface area contributed by atoms with Crippen LogP contribution in [0, 0.1) is 0 Å². The second-order valence-electron chi connectivity index (χ2n) is 5.70. The summed E-state index contributed by atoms with van der Waals surface area (Å²) in [7, 11) is 1.52. The number of rotatable bonds is 6. The molecule has 1 aromatic rings. The average molecular weight is 332 g/mol. The topological polar surface area (TPSA) is 47.7 Å². The SMILES string of the molecule is COc1cc(N)ccc1OCCCN1CCCCC1C(F)(F)F. The number of anilines is 1. The summed E-state index contributed by atoms with van der Waals surface area (Å²) in [5.41, 5.74) is 6.23. The molecule has 2 rings (SSSR count). The first kappa shape index (κ1) is 17.7. The minimum Gasteiger partial charge on any atom is -0.493 e. The Balaban J connectivity index is 1.82. The van der Waals surface area contributed by atoms with Crippen molar-refractivity contribution < 1.29 is 22.6 Å². The third kappa shape index (κ3) is 4.92. The molecule has 130 valence electrons. The number of likely N-dealkylation sites (tertiary alicyclic amines) is 1. The van der Waals surface area contributed by atoms with Crippen LogP contribution in [0.2, 0.25) is 0 Å². The van der Waals surface area contributed by atoms with E-state index in [0.29, 0.717) is 49.7 Å². The molecular weight excluding hydrogens is 309 g/mol. The Morgan fingerprint density at radius 1 is 1.26 bits per heavy atom. The second kappa shape index (κ2) is 7.77. The zero-order valence-electron chi connectivity index (χ0n) is 13.2. The first-order chi connectivity index (χ1) is 10.9. The number of hydrogen-bond acceptors (Lipinski definition) is 4. The van der Waals surface area contributed by atoms with Crippen LogP contribution in [0.3, 0.4) is 0 Å². The molecule has 0 amide bonds. The van der Waals surface area contributed by atoms with Crippen LogP contribution in [0.1, 0.15) is 25.7 Å². The highest BCUT2D eigenvalue weighted by Gasteiger charge is 2.43. The predicted octanol–water partition coefficient (Wildman–Crippen LogP) is 3.46. The molecule has 7 heteroatoms. The fraction of sp³-hybridized carbons (Fsp3) is 0.625. The fourth-order valence-electron chi connectivity index (χ4n) is 2.88.